The zero-order valence-corrected chi connectivity index (χ0v) is 13.7. The van der Waals surface area contributed by atoms with Crippen molar-refractivity contribution in [3.8, 4) is 0 Å². The summed E-state index contributed by atoms with van der Waals surface area (Å²) in [7, 11) is 0. The van der Waals surface area contributed by atoms with Crippen LogP contribution < -0.4 is 9.80 Å². The Morgan fingerprint density at radius 2 is 1.67 bits per heavy atom. The van der Waals surface area contributed by atoms with E-state index in [1.807, 2.05) is 38.1 Å². The fraction of sp³-hybridized carbons (Fsp3) is 0.588. The van der Waals surface area contributed by atoms with Gasteiger partial charge in [0.25, 0.3) is 0 Å². The molecule has 2 rings (SSSR count). The van der Waals surface area contributed by atoms with Gasteiger partial charge in [0.05, 0.1) is 0 Å². The van der Waals surface area contributed by atoms with Crippen molar-refractivity contribution in [1.29, 1.82) is 0 Å². The molecule has 1 heterocycles. The van der Waals surface area contributed by atoms with Crippen LogP contribution in [-0.4, -0.2) is 29.8 Å². The van der Waals surface area contributed by atoms with E-state index in [2.05, 4.69) is 18.7 Å². The molecule has 1 aliphatic rings. The van der Waals surface area contributed by atoms with Crippen molar-refractivity contribution in [2.75, 3.05) is 22.9 Å². The van der Waals surface area contributed by atoms with E-state index in [-0.39, 0.29) is 5.91 Å². The lowest BCUT2D eigenvalue weighted by Gasteiger charge is -2.38. The van der Waals surface area contributed by atoms with Crippen molar-refractivity contribution in [2.24, 2.45) is 5.41 Å². The Hall–Kier alpha value is -1.55. The van der Waals surface area contributed by atoms with Crippen molar-refractivity contribution in [3.05, 3.63) is 24.3 Å². The van der Waals surface area contributed by atoms with E-state index in [1.54, 1.807) is 6.92 Å². The summed E-state index contributed by atoms with van der Waals surface area (Å²) in [4.78, 5) is 16.1. The molecule has 0 aromatic heterocycles. The highest BCUT2D eigenvalue weighted by molar-refractivity contribution is 5.98. The summed E-state index contributed by atoms with van der Waals surface area (Å²) in [6.45, 7) is 11.7. The lowest BCUT2D eigenvalue weighted by molar-refractivity contribution is -0.118. The van der Waals surface area contributed by atoms with Gasteiger partial charge in [0, 0.05) is 36.3 Å². The van der Waals surface area contributed by atoms with Crippen molar-refractivity contribution in [1.82, 2.24) is 0 Å². The van der Waals surface area contributed by atoms with Gasteiger partial charge in [0.2, 0.25) is 5.91 Å². The second kappa shape index (κ2) is 5.34. The van der Waals surface area contributed by atoms with E-state index in [0.29, 0.717) is 6.42 Å². The Morgan fingerprint density at radius 3 is 2.05 bits per heavy atom. The summed E-state index contributed by atoms with van der Waals surface area (Å²) >= 11 is 0. The molecule has 1 fully saturated rings. The van der Waals surface area contributed by atoms with E-state index < -0.39 is 11.1 Å². The van der Waals surface area contributed by atoms with Gasteiger partial charge in [-0.05, 0) is 45.0 Å². The highest BCUT2D eigenvalue weighted by Gasteiger charge is 2.54. The van der Waals surface area contributed by atoms with Gasteiger partial charge in [-0.25, -0.2) is 0 Å². The fourth-order valence-electron chi connectivity index (χ4n) is 2.97. The number of rotatable bonds is 4. The summed E-state index contributed by atoms with van der Waals surface area (Å²) in [6.07, 6.45) is 0.359. The predicted molar refractivity (Wildman–Crippen MR) is 86.5 cm³/mol. The molecule has 4 nitrogen and oxygen atoms in total. The molecule has 1 aliphatic heterocycles. The van der Waals surface area contributed by atoms with Crippen LogP contribution >= 0.6 is 0 Å². The molecular weight excluding hydrogens is 264 g/mol. The third kappa shape index (κ3) is 2.53. The van der Waals surface area contributed by atoms with Gasteiger partial charge < -0.3 is 10.0 Å². The Kier molecular flexibility index (Phi) is 4.02. The molecule has 1 saturated heterocycles. The van der Waals surface area contributed by atoms with Gasteiger partial charge in [0.15, 0.2) is 0 Å². The monoisotopic (exact) mass is 290 g/mol. The van der Waals surface area contributed by atoms with Gasteiger partial charge in [0.1, 0.15) is 5.72 Å². The van der Waals surface area contributed by atoms with Gasteiger partial charge >= 0.3 is 0 Å². The van der Waals surface area contributed by atoms with Crippen LogP contribution in [0.4, 0.5) is 11.4 Å². The fourth-order valence-corrected chi connectivity index (χ4v) is 2.97. The first kappa shape index (κ1) is 15.8. The number of nitrogens with zero attached hydrogens (tertiary/aromatic N) is 2. The van der Waals surface area contributed by atoms with Crippen molar-refractivity contribution < 1.29 is 9.90 Å². The highest BCUT2D eigenvalue weighted by atomic mass is 16.3. The standard InChI is InChI=1S/C17H26N2O2/c1-6-18(7-2)13-8-10-14(11-9-13)19-15(20)12-16(3,4)17(19,5)21/h8-11,21H,6-7,12H2,1-5H3/t17-/m0/s1. The molecule has 116 valence electrons. The van der Waals surface area contributed by atoms with Crippen LogP contribution in [0.5, 0.6) is 0 Å². The molecule has 0 aliphatic carbocycles. The predicted octanol–water partition coefficient (Wildman–Crippen LogP) is 3.00. The smallest absolute Gasteiger partial charge is 0.230 e. The molecular formula is C17H26N2O2. The average Bonchev–Trinajstić information content (AvgIpc) is 2.56. The molecule has 1 aromatic rings. The summed E-state index contributed by atoms with van der Waals surface area (Å²) in [5, 5.41) is 10.8. The number of aliphatic hydroxyl groups is 1. The molecule has 0 bridgehead atoms. The maximum absolute atomic E-state index is 12.3. The molecule has 1 aromatic carbocycles. The molecule has 0 spiro atoms. The number of hydrogen-bond acceptors (Lipinski definition) is 3. The van der Waals surface area contributed by atoms with E-state index in [9.17, 15) is 9.90 Å². The first-order valence-corrected chi connectivity index (χ1v) is 7.65. The van der Waals surface area contributed by atoms with Crippen LogP contribution in [-0.2, 0) is 4.79 Å². The van der Waals surface area contributed by atoms with Crippen LogP contribution in [0.1, 0.15) is 41.0 Å². The van der Waals surface area contributed by atoms with Crippen LogP contribution in [0.3, 0.4) is 0 Å². The SMILES string of the molecule is CCN(CC)c1ccc(N2C(=O)CC(C)(C)[C@]2(C)O)cc1. The number of amides is 1. The Morgan fingerprint density at radius 1 is 1.14 bits per heavy atom. The quantitative estimate of drug-likeness (QED) is 0.927. The van der Waals surface area contributed by atoms with E-state index in [1.165, 1.54) is 4.90 Å². The average molecular weight is 290 g/mol. The summed E-state index contributed by atoms with van der Waals surface area (Å²) in [6, 6.07) is 7.86. The van der Waals surface area contributed by atoms with E-state index >= 15 is 0 Å². The zero-order valence-electron chi connectivity index (χ0n) is 13.7. The number of carbonyl (C=O) groups is 1. The number of anilines is 2. The van der Waals surface area contributed by atoms with E-state index in [4.69, 9.17) is 0 Å². The largest absolute Gasteiger partial charge is 0.372 e. The third-order valence-electron chi connectivity index (χ3n) is 4.80. The van der Waals surface area contributed by atoms with Crippen molar-refractivity contribution in [2.45, 2.75) is 46.8 Å². The second-order valence-corrected chi connectivity index (χ2v) is 6.50. The van der Waals surface area contributed by atoms with Crippen LogP contribution in [0.2, 0.25) is 0 Å². The molecule has 4 heteroatoms. The summed E-state index contributed by atoms with van der Waals surface area (Å²) in [5.74, 6) is -0.0272. The number of hydrogen-bond donors (Lipinski definition) is 1. The molecule has 0 radical (unpaired) electrons. The highest BCUT2D eigenvalue weighted by Crippen LogP contribution is 2.46. The number of carbonyl (C=O) groups excluding carboxylic acids is 1. The minimum absolute atomic E-state index is 0.0272. The van der Waals surface area contributed by atoms with Crippen molar-refractivity contribution >= 4 is 17.3 Å². The minimum Gasteiger partial charge on any atom is -0.372 e. The molecule has 1 atom stereocenters. The molecule has 0 saturated carbocycles. The molecule has 21 heavy (non-hydrogen) atoms. The summed E-state index contributed by atoms with van der Waals surface area (Å²) in [5.41, 5.74) is 0.267. The lowest BCUT2D eigenvalue weighted by Crippen LogP contribution is -2.50. The maximum atomic E-state index is 12.3. The zero-order chi connectivity index (χ0) is 15.8. The second-order valence-electron chi connectivity index (χ2n) is 6.50. The van der Waals surface area contributed by atoms with Gasteiger partial charge in [-0.3, -0.25) is 9.69 Å². The topological polar surface area (TPSA) is 43.8 Å². The third-order valence-corrected chi connectivity index (χ3v) is 4.80. The lowest BCUT2D eigenvalue weighted by atomic mass is 9.82. The van der Waals surface area contributed by atoms with E-state index in [0.717, 1.165) is 24.5 Å². The Labute approximate surface area is 127 Å². The van der Waals surface area contributed by atoms with Crippen LogP contribution in [0.25, 0.3) is 0 Å². The Balaban J connectivity index is 2.33. The minimum atomic E-state index is -1.17. The van der Waals surface area contributed by atoms with Crippen molar-refractivity contribution in [3.63, 3.8) is 0 Å². The Bertz CT molecular complexity index is 516. The number of benzene rings is 1. The van der Waals surface area contributed by atoms with Crippen LogP contribution in [0, 0.1) is 5.41 Å². The first-order chi connectivity index (χ1) is 9.74. The van der Waals surface area contributed by atoms with Gasteiger partial charge in [-0.1, -0.05) is 13.8 Å². The maximum Gasteiger partial charge on any atom is 0.230 e. The molecule has 1 N–H and O–H groups in total. The van der Waals surface area contributed by atoms with Gasteiger partial charge in [-0.15, -0.1) is 0 Å². The van der Waals surface area contributed by atoms with Gasteiger partial charge in [-0.2, -0.15) is 0 Å². The summed E-state index contributed by atoms with van der Waals surface area (Å²) < 4.78 is 0. The molecule has 0 unspecified atom stereocenters. The molecule has 1 amide bonds. The normalized spacial score (nSPS) is 24.5. The first-order valence-electron chi connectivity index (χ1n) is 7.65. The van der Waals surface area contributed by atoms with Crippen LogP contribution in [0.15, 0.2) is 24.3 Å².